The number of nitrogens with one attached hydrogen (secondary N) is 2. The van der Waals surface area contributed by atoms with E-state index in [9.17, 15) is 0 Å². The molecule has 1 aliphatic heterocycles. The summed E-state index contributed by atoms with van der Waals surface area (Å²) in [5, 5.41) is 21.7. The van der Waals surface area contributed by atoms with Gasteiger partial charge in [-0.05, 0) is 74.2 Å². The molecule has 9 heteroatoms. The van der Waals surface area contributed by atoms with Gasteiger partial charge in [-0.25, -0.2) is 9.36 Å². The van der Waals surface area contributed by atoms with Gasteiger partial charge in [0.05, 0.1) is 23.1 Å². The predicted octanol–water partition coefficient (Wildman–Crippen LogP) is 4.85. The number of benzene rings is 2. The summed E-state index contributed by atoms with van der Waals surface area (Å²) in [5.74, 6) is 1.99. The van der Waals surface area contributed by atoms with Crippen molar-refractivity contribution in [3.05, 3.63) is 65.1 Å². The molecule has 0 atom stereocenters. The standard InChI is InChI=1S/C28H31N9/c1-4-36-14-13-24-22(16-36)17(2)37(33-24)20-9-7-19(8-10-20)27-31-28(35(3)34-27)30-25-12-11-23-21(15-29-32-23)26(25)18-5-6-18/h7-12,15,18H,4-6,13-14,16H2,1-3H3,(H,29,32)(H,30,31,34). The minimum atomic E-state index is 0.575. The molecular formula is C28H31N9. The van der Waals surface area contributed by atoms with Gasteiger partial charge >= 0.3 is 0 Å². The van der Waals surface area contributed by atoms with Crippen LogP contribution in [0.5, 0.6) is 0 Å². The topological polar surface area (TPSA) is 92.5 Å². The lowest BCUT2D eigenvalue weighted by atomic mass is 10.0. The first kappa shape index (κ1) is 22.2. The van der Waals surface area contributed by atoms with E-state index in [1.807, 2.05) is 17.9 Å². The zero-order valence-electron chi connectivity index (χ0n) is 21.5. The van der Waals surface area contributed by atoms with Crippen LogP contribution in [0.15, 0.2) is 42.6 Å². The van der Waals surface area contributed by atoms with Crippen LogP contribution < -0.4 is 5.32 Å². The Balaban J connectivity index is 1.16. The van der Waals surface area contributed by atoms with Crippen molar-refractivity contribution in [3.63, 3.8) is 0 Å². The minimum Gasteiger partial charge on any atom is -0.324 e. The molecule has 2 aliphatic rings. The Kier molecular flexibility index (Phi) is 5.14. The van der Waals surface area contributed by atoms with Gasteiger partial charge in [0.1, 0.15) is 0 Å². The van der Waals surface area contributed by atoms with E-state index in [0.29, 0.717) is 11.7 Å². The largest absolute Gasteiger partial charge is 0.324 e. The van der Waals surface area contributed by atoms with E-state index in [1.54, 1.807) is 0 Å². The lowest BCUT2D eigenvalue weighted by molar-refractivity contribution is 0.266. The smallest absolute Gasteiger partial charge is 0.225 e. The number of likely N-dealkylation sites (N-methyl/N-ethyl adjacent to an activating group) is 1. The van der Waals surface area contributed by atoms with E-state index >= 15 is 0 Å². The number of aromatic nitrogens is 7. The first-order valence-electron chi connectivity index (χ1n) is 13.1. The second kappa shape index (κ2) is 8.55. The molecule has 2 aromatic carbocycles. The number of anilines is 2. The highest BCUT2D eigenvalue weighted by atomic mass is 15.4. The maximum absolute atomic E-state index is 4.94. The Morgan fingerprint density at radius 1 is 1.08 bits per heavy atom. The molecule has 5 aromatic rings. The molecule has 2 N–H and O–H groups in total. The molecular weight excluding hydrogens is 462 g/mol. The van der Waals surface area contributed by atoms with Crippen molar-refractivity contribution in [2.75, 3.05) is 18.4 Å². The second-order valence-electron chi connectivity index (χ2n) is 10.2. The first-order chi connectivity index (χ1) is 18.1. The van der Waals surface area contributed by atoms with Gasteiger partial charge in [-0.2, -0.15) is 15.2 Å². The highest BCUT2D eigenvalue weighted by Crippen LogP contribution is 2.47. The Hall–Kier alpha value is -3.98. The number of hydrogen-bond acceptors (Lipinski definition) is 6. The van der Waals surface area contributed by atoms with Gasteiger partial charge in [0.15, 0.2) is 5.82 Å². The molecule has 0 amide bonds. The fraction of sp³-hybridized carbons (Fsp3) is 0.357. The maximum Gasteiger partial charge on any atom is 0.225 e. The number of hydrogen-bond donors (Lipinski definition) is 2. The van der Waals surface area contributed by atoms with Gasteiger partial charge in [0, 0.05) is 54.5 Å². The number of nitrogens with zero attached hydrogens (tertiary/aromatic N) is 7. The van der Waals surface area contributed by atoms with Crippen molar-refractivity contribution in [2.45, 2.75) is 45.6 Å². The van der Waals surface area contributed by atoms with E-state index < -0.39 is 0 Å². The Bertz CT molecular complexity index is 1600. The molecule has 0 bridgehead atoms. The highest BCUT2D eigenvalue weighted by Gasteiger charge is 2.29. The van der Waals surface area contributed by atoms with E-state index in [4.69, 9.17) is 15.2 Å². The third-order valence-electron chi connectivity index (χ3n) is 7.85. The van der Waals surface area contributed by atoms with Crippen LogP contribution in [0.25, 0.3) is 28.0 Å². The summed E-state index contributed by atoms with van der Waals surface area (Å²) < 4.78 is 3.89. The SMILES string of the molecule is CCN1CCc2nn(-c3ccc(-c4nc(Nc5ccc6[nH]ncc6c5C5CC5)n(C)n4)cc3)c(C)c2C1. The zero-order chi connectivity index (χ0) is 25.1. The Morgan fingerprint density at radius 3 is 2.70 bits per heavy atom. The lowest BCUT2D eigenvalue weighted by Crippen LogP contribution is -2.30. The van der Waals surface area contributed by atoms with Gasteiger partial charge in [0.2, 0.25) is 5.95 Å². The van der Waals surface area contributed by atoms with E-state index in [0.717, 1.165) is 54.5 Å². The molecule has 9 nitrogen and oxygen atoms in total. The van der Waals surface area contributed by atoms with Crippen molar-refractivity contribution >= 4 is 22.5 Å². The van der Waals surface area contributed by atoms with Crippen molar-refractivity contribution in [1.29, 1.82) is 0 Å². The van der Waals surface area contributed by atoms with Crippen LogP contribution in [-0.2, 0) is 20.0 Å². The van der Waals surface area contributed by atoms with E-state index in [1.165, 1.54) is 40.7 Å². The summed E-state index contributed by atoms with van der Waals surface area (Å²) in [6, 6.07) is 12.6. The van der Waals surface area contributed by atoms with Crippen LogP contribution in [0.3, 0.4) is 0 Å². The van der Waals surface area contributed by atoms with Crippen molar-refractivity contribution in [1.82, 2.24) is 39.6 Å². The number of aryl methyl sites for hydroxylation is 1. The second-order valence-corrected chi connectivity index (χ2v) is 10.2. The van der Waals surface area contributed by atoms with Gasteiger partial charge in [0.25, 0.3) is 0 Å². The van der Waals surface area contributed by atoms with Crippen LogP contribution in [0.4, 0.5) is 11.6 Å². The number of rotatable bonds is 6. The van der Waals surface area contributed by atoms with E-state index in [2.05, 4.69) is 75.3 Å². The molecule has 37 heavy (non-hydrogen) atoms. The summed E-state index contributed by atoms with van der Waals surface area (Å²) in [7, 11) is 1.93. The zero-order valence-corrected chi connectivity index (χ0v) is 21.5. The minimum absolute atomic E-state index is 0.575. The van der Waals surface area contributed by atoms with Crippen molar-refractivity contribution in [2.24, 2.45) is 7.05 Å². The molecule has 7 rings (SSSR count). The summed E-state index contributed by atoms with van der Waals surface area (Å²) in [6.45, 7) is 7.54. The third-order valence-corrected chi connectivity index (χ3v) is 7.85. The lowest BCUT2D eigenvalue weighted by Gasteiger charge is -2.24. The molecule has 1 aliphatic carbocycles. The number of fused-ring (bicyclic) bond motifs is 2. The fourth-order valence-corrected chi connectivity index (χ4v) is 5.54. The Labute approximate surface area is 215 Å². The van der Waals surface area contributed by atoms with Crippen LogP contribution in [-0.4, -0.2) is 52.7 Å². The average Bonchev–Trinajstić information content (AvgIpc) is 3.39. The molecule has 4 heterocycles. The van der Waals surface area contributed by atoms with Crippen molar-refractivity contribution in [3.8, 4) is 17.1 Å². The Morgan fingerprint density at radius 2 is 1.92 bits per heavy atom. The average molecular weight is 494 g/mol. The molecule has 1 fully saturated rings. The molecule has 1 saturated carbocycles. The number of aromatic amines is 1. The van der Waals surface area contributed by atoms with Gasteiger partial charge in [-0.1, -0.05) is 6.92 Å². The monoisotopic (exact) mass is 493 g/mol. The summed E-state index contributed by atoms with van der Waals surface area (Å²) in [5.41, 5.74) is 9.34. The van der Waals surface area contributed by atoms with E-state index in [-0.39, 0.29) is 0 Å². The molecule has 188 valence electrons. The maximum atomic E-state index is 4.94. The predicted molar refractivity (Wildman–Crippen MR) is 144 cm³/mol. The summed E-state index contributed by atoms with van der Waals surface area (Å²) >= 11 is 0. The van der Waals surface area contributed by atoms with Crippen molar-refractivity contribution < 1.29 is 0 Å². The normalized spacial score (nSPS) is 15.9. The first-order valence-corrected chi connectivity index (χ1v) is 13.1. The number of H-pyrrole nitrogens is 1. The summed E-state index contributed by atoms with van der Waals surface area (Å²) in [6.07, 6.45) is 5.37. The van der Waals surface area contributed by atoms with Gasteiger partial charge in [-0.3, -0.25) is 10.00 Å². The molecule has 3 aromatic heterocycles. The quantitative estimate of drug-likeness (QED) is 0.351. The third kappa shape index (κ3) is 3.81. The molecule has 0 unspecified atom stereocenters. The molecule has 0 radical (unpaired) electrons. The van der Waals surface area contributed by atoms with Gasteiger partial charge in [-0.15, -0.1) is 5.10 Å². The highest BCUT2D eigenvalue weighted by molar-refractivity contribution is 5.89. The fourth-order valence-electron chi connectivity index (χ4n) is 5.54. The van der Waals surface area contributed by atoms with Gasteiger partial charge < -0.3 is 5.32 Å². The summed E-state index contributed by atoms with van der Waals surface area (Å²) in [4.78, 5) is 7.32. The van der Waals surface area contributed by atoms with Crippen LogP contribution in [0, 0.1) is 6.92 Å². The molecule has 0 spiro atoms. The molecule has 0 saturated heterocycles. The van der Waals surface area contributed by atoms with Crippen LogP contribution in [0.2, 0.25) is 0 Å². The van der Waals surface area contributed by atoms with Crippen LogP contribution >= 0.6 is 0 Å². The van der Waals surface area contributed by atoms with Crippen LogP contribution in [0.1, 0.15) is 48.2 Å².